The molecule has 0 fully saturated rings. The summed E-state index contributed by atoms with van der Waals surface area (Å²) in [4.78, 5) is 11.7. The molecule has 0 atom stereocenters. The molecule has 2 nitrogen and oxygen atoms in total. The highest BCUT2D eigenvalue weighted by Crippen LogP contribution is 2.59. The molecule has 0 aromatic heterocycles. The molecule has 0 rings (SSSR count). The normalized spacial score (nSPS) is 12.1. The van der Waals surface area contributed by atoms with Crippen molar-refractivity contribution in [2.24, 2.45) is 0 Å². The number of allylic oxidation sites excluding steroid dienone is 3. The zero-order valence-electron chi connectivity index (χ0n) is 18.5. The van der Waals surface area contributed by atoms with Crippen molar-refractivity contribution in [3.8, 4) is 11.2 Å². The summed E-state index contributed by atoms with van der Waals surface area (Å²) < 4.78 is 0. The third-order valence-corrected chi connectivity index (χ3v) is 9.33. The molecule has 150 valence electrons. The van der Waals surface area contributed by atoms with Gasteiger partial charge in [0.15, 0.2) is 0 Å². The lowest BCUT2D eigenvalue weighted by Crippen LogP contribution is -2.28. The zero-order valence-corrected chi connectivity index (χ0v) is 19.3. The molecule has 0 spiro atoms. The Kier molecular flexibility index (Phi) is 14.2. The Morgan fingerprint density at radius 2 is 1.54 bits per heavy atom. The number of nitrogens with one attached hydrogen (secondary N) is 1. The molecular formula is C23H41NOS. The van der Waals surface area contributed by atoms with E-state index >= 15 is 0 Å². The van der Waals surface area contributed by atoms with Gasteiger partial charge in [0.25, 0.3) is 5.91 Å². The molecule has 0 saturated carbocycles. The highest BCUT2D eigenvalue weighted by molar-refractivity contribution is 8.38. The van der Waals surface area contributed by atoms with Crippen LogP contribution in [0, 0.1) is 11.2 Å². The maximum Gasteiger partial charge on any atom is 0.296 e. The van der Waals surface area contributed by atoms with Crippen LogP contribution in [0.5, 0.6) is 0 Å². The van der Waals surface area contributed by atoms with Crippen molar-refractivity contribution in [1.29, 1.82) is 0 Å². The molecule has 0 heterocycles. The second-order valence-electron chi connectivity index (χ2n) is 7.40. The average molecular weight is 380 g/mol. The Labute approximate surface area is 164 Å². The van der Waals surface area contributed by atoms with Crippen LogP contribution >= 0.6 is 10.0 Å². The fourth-order valence-corrected chi connectivity index (χ4v) is 6.98. The van der Waals surface area contributed by atoms with Crippen LogP contribution in [-0.2, 0) is 4.79 Å². The van der Waals surface area contributed by atoms with E-state index in [1.807, 2.05) is 19.9 Å². The van der Waals surface area contributed by atoms with E-state index in [-0.39, 0.29) is 5.91 Å². The first-order valence-corrected chi connectivity index (χ1v) is 11.2. The second kappa shape index (κ2) is 13.8. The van der Waals surface area contributed by atoms with Gasteiger partial charge in [0.2, 0.25) is 0 Å². The Morgan fingerprint density at radius 3 is 1.81 bits per heavy atom. The molecule has 0 aromatic carbocycles. The Bertz CT molecular complexity index is 523. The number of amides is 1. The van der Waals surface area contributed by atoms with Crippen molar-refractivity contribution >= 4 is 15.9 Å². The molecule has 0 aliphatic carbocycles. The lowest BCUT2D eigenvalue weighted by molar-refractivity contribution is -0.115. The van der Waals surface area contributed by atoms with Gasteiger partial charge in [-0.2, -0.15) is 10.0 Å². The first kappa shape index (κ1) is 26.8. The summed E-state index contributed by atoms with van der Waals surface area (Å²) in [6, 6.07) is 0. The summed E-state index contributed by atoms with van der Waals surface area (Å²) in [5.41, 5.74) is 2.32. The summed E-state index contributed by atoms with van der Waals surface area (Å²) >= 11 is 0. The quantitative estimate of drug-likeness (QED) is 0.414. The van der Waals surface area contributed by atoms with Crippen molar-refractivity contribution < 1.29 is 4.79 Å². The van der Waals surface area contributed by atoms with E-state index in [2.05, 4.69) is 84.2 Å². The minimum absolute atomic E-state index is 0.193. The Hall–Kier alpha value is -1.40. The summed E-state index contributed by atoms with van der Waals surface area (Å²) in [7, 11) is -1.12. The SMILES string of the molecule is C=C(C)CNC(=O)C#CS(C(C)C)(C(C)C)C(C)C.C=CC/C(C)=C\C. The largest absolute Gasteiger partial charge is 0.342 e. The summed E-state index contributed by atoms with van der Waals surface area (Å²) in [6.07, 6.45) is 5.04. The summed E-state index contributed by atoms with van der Waals surface area (Å²) in [5.74, 6) is 2.63. The van der Waals surface area contributed by atoms with Gasteiger partial charge in [0.05, 0.1) is 0 Å². The van der Waals surface area contributed by atoms with E-state index in [0.29, 0.717) is 22.3 Å². The lowest BCUT2D eigenvalue weighted by atomic mass is 10.2. The third-order valence-electron chi connectivity index (χ3n) is 4.19. The zero-order chi connectivity index (χ0) is 20.9. The second-order valence-corrected chi connectivity index (χ2v) is 12.0. The highest BCUT2D eigenvalue weighted by Gasteiger charge is 2.33. The first-order chi connectivity index (χ1) is 11.9. The molecular weight excluding hydrogens is 338 g/mol. The van der Waals surface area contributed by atoms with E-state index in [0.717, 1.165) is 12.0 Å². The van der Waals surface area contributed by atoms with Crippen LogP contribution in [0.1, 0.15) is 68.7 Å². The van der Waals surface area contributed by atoms with Gasteiger partial charge in [0, 0.05) is 12.5 Å². The van der Waals surface area contributed by atoms with Gasteiger partial charge in [0.1, 0.15) is 0 Å². The first-order valence-electron chi connectivity index (χ1n) is 9.43. The van der Waals surface area contributed by atoms with Crippen LogP contribution in [0.3, 0.4) is 0 Å². The fourth-order valence-electron chi connectivity index (χ4n) is 2.74. The van der Waals surface area contributed by atoms with Gasteiger partial charge in [-0.3, -0.25) is 4.79 Å². The van der Waals surface area contributed by atoms with Crippen molar-refractivity contribution in [3.63, 3.8) is 0 Å². The molecule has 0 saturated heterocycles. The van der Waals surface area contributed by atoms with Crippen LogP contribution in [0.2, 0.25) is 0 Å². The Morgan fingerprint density at radius 1 is 1.08 bits per heavy atom. The number of carbonyl (C=O) groups excluding carboxylic acids is 1. The van der Waals surface area contributed by atoms with Crippen LogP contribution in [0.15, 0.2) is 36.5 Å². The third kappa shape index (κ3) is 9.92. The van der Waals surface area contributed by atoms with Gasteiger partial charge in [-0.25, -0.2) is 0 Å². The number of rotatable bonds is 7. The van der Waals surface area contributed by atoms with E-state index in [1.165, 1.54) is 5.57 Å². The van der Waals surface area contributed by atoms with Gasteiger partial charge in [-0.05, 0) is 48.2 Å². The predicted molar refractivity (Wildman–Crippen MR) is 123 cm³/mol. The molecule has 0 bridgehead atoms. The molecule has 0 aromatic rings. The molecule has 0 aliphatic rings. The van der Waals surface area contributed by atoms with Crippen LogP contribution in [0.25, 0.3) is 0 Å². The number of carbonyl (C=O) groups is 1. The van der Waals surface area contributed by atoms with E-state index < -0.39 is 10.0 Å². The van der Waals surface area contributed by atoms with Gasteiger partial charge in [-0.1, -0.05) is 71.4 Å². The van der Waals surface area contributed by atoms with Gasteiger partial charge in [-0.15, -0.1) is 6.58 Å². The van der Waals surface area contributed by atoms with Crippen LogP contribution in [0.4, 0.5) is 0 Å². The standard InChI is InChI=1S/C16H29NOS.C7H12/c1-12(2)11-17-16(18)9-10-19(13(3)4,14(5)6)15(7)8;1-4-6-7(3)5-2/h13-15H,1,11H2,2-8H3,(H,17,18);4-5H,1,6H2,2-3H3/b;7-5-. The number of hydrogen-bond donors (Lipinski definition) is 1. The lowest BCUT2D eigenvalue weighted by Gasteiger charge is -2.46. The van der Waals surface area contributed by atoms with Crippen molar-refractivity contribution in [2.45, 2.75) is 84.5 Å². The predicted octanol–water partition coefficient (Wildman–Crippen LogP) is 6.20. The van der Waals surface area contributed by atoms with Crippen LogP contribution < -0.4 is 5.32 Å². The molecule has 1 N–H and O–H groups in total. The van der Waals surface area contributed by atoms with E-state index in [4.69, 9.17) is 0 Å². The molecule has 0 radical (unpaired) electrons. The van der Waals surface area contributed by atoms with E-state index in [1.54, 1.807) is 0 Å². The molecule has 0 aliphatic heterocycles. The monoisotopic (exact) mass is 379 g/mol. The van der Waals surface area contributed by atoms with Crippen molar-refractivity contribution in [2.75, 3.05) is 6.54 Å². The maximum absolute atomic E-state index is 11.7. The van der Waals surface area contributed by atoms with E-state index in [9.17, 15) is 4.79 Å². The summed E-state index contributed by atoms with van der Waals surface area (Å²) in [5, 5.41) is 7.60. The fraction of sp³-hybridized carbons (Fsp3) is 0.609. The molecule has 0 unspecified atom stereocenters. The summed E-state index contributed by atoms with van der Waals surface area (Å²) in [6.45, 7) is 27.2. The molecule has 3 heteroatoms. The number of hydrogen-bond acceptors (Lipinski definition) is 1. The average Bonchev–Trinajstić information content (AvgIpc) is 2.53. The Balaban J connectivity index is 0. The van der Waals surface area contributed by atoms with Gasteiger partial charge < -0.3 is 5.32 Å². The van der Waals surface area contributed by atoms with Crippen molar-refractivity contribution in [3.05, 3.63) is 36.5 Å². The molecule has 26 heavy (non-hydrogen) atoms. The topological polar surface area (TPSA) is 29.1 Å². The minimum Gasteiger partial charge on any atom is -0.342 e. The van der Waals surface area contributed by atoms with Gasteiger partial charge >= 0.3 is 0 Å². The highest BCUT2D eigenvalue weighted by atomic mass is 32.3. The van der Waals surface area contributed by atoms with Crippen molar-refractivity contribution in [1.82, 2.24) is 5.32 Å². The minimum atomic E-state index is -1.12. The van der Waals surface area contributed by atoms with Crippen LogP contribution in [-0.4, -0.2) is 28.2 Å². The maximum atomic E-state index is 11.7. The molecule has 1 amide bonds. The smallest absolute Gasteiger partial charge is 0.296 e.